The van der Waals surface area contributed by atoms with Gasteiger partial charge in [-0.15, -0.1) is 0 Å². The predicted molar refractivity (Wildman–Crippen MR) is 101 cm³/mol. The van der Waals surface area contributed by atoms with Gasteiger partial charge in [0, 0.05) is 24.2 Å². The maximum absolute atomic E-state index is 6.19. The molecule has 4 heteroatoms. The van der Waals surface area contributed by atoms with Crippen LogP contribution in [-0.2, 0) is 6.42 Å². The molecule has 0 amide bonds. The zero-order chi connectivity index (χ0) is 17.4. The molecule has 2 aliphatic rings. The van der Waals surface area contributed by atoms with Crippen molar-refractivity contribution in [3.05, 3.63) is 58.1 Å². The number of ether oxygens (including phenoxy) is 2. The molecule has 2 unspecified atom stereocenters. The van der Waals surface area contributed by atoms with Crippen molar-refractivity contribution in [3.8, 4) is 11.5 Å². The zero-order valence-corrected chi connectivity index (χ0v) is 15.6. The van der Waals surface area contributed by atoms with E-state index in [9.17, 15) is 0 Å². The van der Waals surface area contributed by atoms with Gasteiger partial charge in [0.15, 0.2) is 11.5 Å². The number of nitrogens with zero attached hydrogens (tertiary/aromatic N) is 1. The van der Waals surface area contributed by atoms with Crippen LogP contribution in [-0.4, -0.2) is 32.2 Å². The van der Waals surface area contributed by atoms with Crippen LogP contribution in [0, 0.1) is 0 Å². The Hall–Kier alpha value is -1.71. The Morgan fingerprint density at radius 2 is 1.84 bits per heavy atom. The lowest BCUT2D eigenvalue weighted by atomic mass is 9.81. The average molecular weight is 358 g/mol. The first-order valence-electron chi connectivity index (χ1n) is 8.94. The number of methoxy groups -OCH3 is 2. The fourth-order valence-corrected chi connectivity index (χ4v) is 4.60. The van der Waals surface area contributed by atoms with Crippen molar-refractivity contribution in [1.29, 1.82) is 0 Å². The molecule has 2 aromatic carbocycles. The van der Waals surface area contributed by atoms with Gasteiger partial charge in [0.05, 0.1) is 14.2 Å². The first-order chi connectivity index (χ1) is 12.2. The van der Waals surface area contributed by atoms with Gasteiger partial charge in [0.2, 0.25) is 0 Å². The standard InChI is InChI=1S/C21H24ClNO2/c1-24-20-11-15-8-9-23-13-16(14-4-3-5-17(22)10-14)6-7-19(23)18(15)12-21(20)25-2/h3-5,10-12,16,19H,6-9,13H2,1-2H3. The molecule has 0 radical (unpaired) electrons. The van der Waals surface area contributed by atoms with Gasteiger partial charge in [0.1, 0.15) is 0 Å². The average Bonchev–Trinajstić information content (AvgIpc) is 2.66. The van der Waals surface area contributed by atoms with Crippen molar-refractivity contribution in [3.63, 3.8) is 0 Å². The van der Waals surface area contributed by atoms with E-state index in [1.54, 1.807) is 14.2 Å². The van der Waals surface area contributed by atoms with Crippen LogP contribution in [0.3, 0.4) is 0 Å². The summed E-state index contributed by atoms with van der Waals surface area (Å²) < 4.78 is 11.0. The molecule has 25 heavy (non-hydrogen) atoms. The van der Waals surface area contributed by atoms with E-state index < -0.39 is 0 Å². The summed E-state index contributed by atoms with van der Waals surface area (Å²) in [5.41, 5.74) is 4.18. The van der Waals surface area contributed by atoms with Crippen LogP contribution >= 0.6 is 11.6 Å². The summed E-state index contributed by atoms with van der Waals surface area (Å²) in [5.74, 6) is 2.24. The minimum atomic E-state index is 0.485. The topological polar surface area (TPSA) is 21.7 Å². The van der Waals surface area contributed by atoms with Crippen molar-refractivity contribution in [2.24, 2.45) is 0 Å². The van der Waals surface area contributed by atoms with E-state index in [4.69, 9.17) is 21.1 Å². The van der Waals surface area contributed by atoms with Crippen LogP contribution in [0.5, 0.6) is 11.5 Å². The minimum absolute atomic E-state index is 0.485. The third-order valence-electron chi connectivity index (χ3n) is 5.68. The molecule has 3 nitrogen and oxygen atoms in total. The SMILES string of the molecule is COc1cc2c(cc1OC)C1CCC(c3cccc(Cl)c3)CN1CC2. The van der Waals surface area contributed by atoms with Crippen molar-refractivity contribution in [2.75, 3.05) is 27.3 Å². The quantitative estimate of drug-likeness (QED) is 0.785. The third-order valence-corrected chi connectivity index (χ3v) is 5.91. The van der Waals surface area contributed by atoms with Crippen molar-refractivity contribution in [2.45, 2.75) is 31.2 Å². The second-order valence-electron chi connectivity index (χ2n) is 7.00. The third kappa shape index (κ3) is 3.11. The Morgan fingerprint density at radius 3 is 2.60 bits per heavy atom. The number of piperidine rings is 1. The Bertz CT molecular complexity index is 776. The van der Waals surface area contributed by atoms with E-state index in [0.717, 1.165) is 36.0 Å². The van der Waals surface area contributed by atoms with E-state index in [1.165, 1.54) is 29.5 Å². The van der Waals surface area contributed by atoms with Crippen LogP contribution in [0.1, 0.15) is 41.5 Å². The molecule has 2 atom stereocenters. The lowest BCUT2D eigenvalue weighted by molar-refractivity contribution is 0.123. The fourth-order valence-electron chi connectivity index (χ4n) is 4.40. The van der Waals surface area contributed by atoms with Crippen molar-refractivity contribution < 1.29 is 9.47 Å². The maximum atomic E-state index is 6.19. The summed E-state index contributed by atoms with van der Waals surface area (Å²) in [6, 6.07) is 13.2. The molecule has 4 rings (SSSR count). The largest absolute Gasteiger partial charge is 0.493 e. The molecule has 0 aromatic heterocycles. The van der Waals surface area contributed by atoms with Crippen LogP contribution in [0.15, 0.2) is 36.4 Å². The normalized spacial score (nSPS) is 22.8. The summed E-state index contributed by atoms with van der Waals surface area (Å²) in [6.07, 6.45) is 3.42. The van der Waals surface area contributed by atoms with Gasteiger partial charge in [-0.3, -0.25) is 4.90 Å². The van der Waals surface area contributed by atoms with Gasteiger partial charge in [-0.1, -0.05) is 23.7 Å². The summed E-state index contributed by atoms with van der Waals surface area (Å²) in [5, 5.41) is 0.834. The van der Waals surface area contributed by atoms with Gasteiger partial charge in [0.25, 0.3) is 0 Å². The monoisotopic (exact) mass is 357 g/mol. The summed E-state index contributed by atoms with van der Waals surface area (Å²) >= 11 is 6.19. The molecular weight excluding hydrogens is 334 g/mol. The maximum Gasteiger partial charge on any atom is 0.161 e. The highest BCUT2D eigenvalue weighted by Gasteiger charge is 2.34. The van der Waals surface area contributed by atoms with Gasteiger partial charge >= 0.3 is 0 Å². The molecule has 0 spiro atoms. The molecule has 1 saturated heterocycles. The molecule has 0 N–H and O–H groups in total. The first kappa shape index (κ1) is 16.7. The Balaban J connectivity index is 1.60. The molecular formula is C21H24ClNO2. The summed E-state index contributed by atoms with van der Waals surface area (Å²) in [7, 11) is 3.41. The Kier molecular flexibility index (Phi) is 4.61. The highest BCUT2D eigenvalue weighted by molar-refractivity contribution is 6.30. The second-order valence-corrected chi connectivity index (χ2v) is 7.43. The zero-order valence-electron chi connectivity index (χ0n) is 14.8. The highest BCUT2D eigenvalue weighted by Crippen LogP contribution is 2.44. The van der Waals surface area contributed by atoms with Crippen LogP contribution in [0.25, 0.3) is 0 Å². The first-order valence-corrected chi connectivity index (χ1v) is 9.31. The second kappa shape index (κ2) is 6.89. The van der Waals surface area contributed by atoms with Crippen LogP contribution in [0.4, 0.5) is 0 Å². The fraction of sp³-hybridized carbons (Fsp3) is 0.429. The number of halogens is 1. The Morgan fingerprint density at radius 1 is 1.04 bits per heavy atom. The van der Waals surface area contributed by atoms with Crippen molar-refractivity contribution in [1.82, 2.24) is 4.90 Å². The van der Waals surface area contributed by atoms with Gasteiger partial charge in [-0.25, -0.2) is 0 Å². The number of hydrogen-bond donors (Lipinski definition) is 0. The molecule has 0 saturated carbocycles. The molecule has 132 valence electrons. The minimum Gasteiger partial charge on any atom is -0.493 e. The number of fused-ring (bicyclic) bond motifs is 3. The van der Waals surface area contributed by atoms with Gasteiger partial charge < -0.3 is 9.47 Å². The number of rotatable bonds is 3. The van der Waals surface area contributed by atoms with Gasteiger partial charge in [-0.05, 0) is 66.1 Å². The lowest BCUT2D eigenvalue weighted by Crippen LogP contribution is -2.41. The van der Waals surface area contributed by atoms with E-state index in [-0.39, 0.29) is 0 Å². The predicted octanol–water partition coefficient (Wildman–Crippen LogP) is 4.83. The summed E-state index contributed by atoms with van der Waals surface area (Å²) in [4.78, 5) is 2.63. The molecule has 2 aromatic rings. The van der Waals surface area contributed by atoms with Crippen LogP contribution in [0.2, 0.25) is 5.02 Å². The Labute approximate surface area is 154 Å². The van der Waals surface area contributed by atoms with E-state index in [1.807, 2.05) is 6.07 Å². The molecule has 1 fully saturated rings. The molecule has 2 heterocycles. The van der Waals surface area contributed by atoms with E-state index in [2.05, 4.69) is 35.2 Å². The summed E-state index contributed by atoms with van der Waals surface area (Å²) in [6.45, 7) is 2.20. The highest BCUT2D eigenvalue weighted by atomic mass is 35.5. The van der Waals surface area contributed by atoms with Gasteiger partial charge in [-0.2, -0.15) is 0 Å². The number of hydrogen-bond acceptors (Lipinski definition) is 3. The smallest absolute Gasteiger partial charge is 0.161 e. The lowest BCUT2D eigenvalue weighted by Gasteiger charge is -2.44. The van der Waals surface area contributed by atoms with Crippen LogP contribution < -0.4 is 9.47 Å². The van der Waals surface area contributed by atoms with E-state index in [0.29, 0.717) is 12.0 Å². The van der Waals surface area contributed by atoms with E-state index >= 15 is 0 Å². The number of benzene rings is 2. The molecule has 2 aliphatic heterocycles. The molecule has 0 aliphatic carbocycles. The molecule has 0 bridgehead atoms. The van der Waals surface area contributed by atoms with Crippen molar-refractivity contribution >= 4 is 11.6 Å².